The lowest BCUT2D eigenvalue weighted by molar-refractivity contribution is 0.271. The van der Waals surface area contributed by atoms with Gasteiger partial charge in [0.25, 0.3) is 0 Å². The lowest BCUT2D eigenvalue weighted by Gasteiger charge is -2.10. The fourth-order valence-corrected chi connectivity index (χ4v) is 2.34. The van der Waals surface area contributed by atoms with Crippen LogP contribution in [0, 0.1) is 5.92 Å². The first kappa shape index (κ1) is 14.1. The minimum absolute atomic E-state index is 0.0542. The Labute approximate surface area is 124 Å². The van der Waals surface area contributed by atoms with Crippen molar-refractivity contribution in [2.45, 2.75) is 39.2 Å². The van der Waals surface area contributed by atoms with E-state index < -0.39 is 0 Å². The zero-order valence-electron chi connectivity index (χ0n) is 12.5. The molecule has 2 aromatic rings. The van der Waals surface area contributed by atoms with E-state index in [4.69, 9.17) is 4.74 Å². The van der Waals surface area contributed by atoms with Crippen molar-refractivity contribution in [1.29, 1.82) is 0 Å². The van der Waals surface area contributed by atoms with Crippen LogP contribution in [0.3, 0.4) is 0 Å². The molecule has 5 nitrogen and oxygen atoms in total. The van der Waals surface area contributed by atoms with Crippen LogP contribution in [-0.2, 0) is 6.61 Å². The highest BCUT2D eigenvalue weighted by Crippen LogP contribution is 2.42. The quantitative estimate of drug-likeness (QED) is 0.887. The summed E-state index contributed by atoms with van der Waals surface area (Å²) in [5.74, 6) is 1.86. The van der Waals surface area contributed by atoms with Crippen molar-refractivity contribution >= 4 is 0 Å². The number of benzene rings is 1. The van der Waals surface area contributed by atoms with Crippen molar-refractivity contribution in [1.82, 2.24) is 15.0 Å². The maximum Gasteiger partial charge on any atom is 0.119 e. The normalized spacial score (nSPS) is 14.7. The van der Waals surface area contributed by atoms with Crippen LogP contribution in [0.4, 0.5) is 0 Å². The first-order valence-electron chi connectivity index (χ1n) is 7.47. The zero-order valence-corrected chi connectivity index (χ0v) is 12.5. The van der Waals surface area contributed by atoms with Gasteiger partial charge < -0.3 is 9.84 Å². The lowest BCUT2D eigenvalue weighted by atomic mass is 10.2. The maximum atomic E-state index is 9.39. The van der Waals surface area contributed by atoms with Gasteiger partial charge in [0.2, 0.25) is 0 Å². The van der Waals surface area contributed by atoms with Crippen LogP contribution in [0.1, 0.15) is 44.0 Å². The molecule has 1 aliphatic carbocycles. The highest BCUT2D eigenvalue weighted by molar-refractivity contribution is 5.39. The summed E-state index contributed by atoms with van der Waals surface area (Å²) in [5.41, 5.74) is 2.70. The number of aliphatic hydroxyl groups is 1. The fraction of sp³-hybridized carbons (Fsp3) is 0.500. The predicted octanol–water partition coefficient (Wildman–Crippen LogP) is 2.67. The van der Waals surface area contributed by atoms with E-state index in [2.05, 4.69) is 24.2 Å². The Kier molecular flexibility index (Phi) is 3.92. The van der Waals surface area contributed by atoms with E-state index in [1.165, 1.54) is 0 Å². The Morgan fingerprint density at radius 2 is 2.00 bits per heavy atom. The highest BCUT2D eigenvalue weighted by atomic mass is 16.5. The van der Waals surface area contributed by atoms with Crippen molar-refractivity contribution < 1.29 is 9.84 Å². The number of ether oxygens (including phenoxy) is 1. The average Bonchev–Trinajstić information content (AvgIpc) is 3.24. The molecular weight excluding hydrogens is 266 g/mol. The molecule has 1 aromatic carbocycles. The summed E-state index contributed by atoms with van der Waals surface area (Å²) >= 11 is 0. The molecule has 1 heterocycles. The van der Waals surface area contributed by atoms with Gasteiger partial charge in [-0.3, -0.25) is 0 Å². The molecule has 1 aromatic heterocycles. The Morgan fingerprint density at radius 1 is 1.29 bits per heavy atom. The molecular formula is C16H21N3O2. The van der Waals surface area contributed by atoms with E-state index in [-0.39, 0.29) is 6.61 Å². The smallest absolute Gasteiger partial charge is 0.119 e. The van der Waals surface area contributed by atoms with Gasteiger partial charge in [-0.1, -0.05) is 19.1 Å². The standard InChI is InChI=1S/C16H21N3O2/c1-11(2)10-21-14-7-5-13(6-8-14)19-16(12-3-4-12)15(9-20)17-18-19/h5-8,11-12,20H,3-4,9-10H2,1-2H3. The van der Waals surface area contributed by atoms with E-state index in [1.54, 1.807) is 0 Å². The van der Waals surface area contributed by atoms with Gasteiger partial charge in [0.15, 0.2) is 0 Å². The Morgan fingerprint density at radius 3 is 2.57 bits per heavy atom. The van der Waals surface area contributed by atoms with Gasteiger partial charge in [0.05, 0.1) is 24.6 Å². The number of aliphatic hydroxyl groups excluding tert-OH is 1. The minimum Gasteiger partial charge on any atom is -0.493 e. The molecule has 3 rings (SSSR count). The molecule has 1 N–H and O–H groups in total. The largest absolute Gasteiger partial charge is 0.493 e. The van der Waals surface area contributed by atoms with Crippen molar-refractivity contribution in [3.8, 4) is 11.4 Å². The first-order chi connectivity index (χ1) is 10.2. The second-order valence-corrected chi connectivity index (χ2v) is 5.96. The average molecular weight is 287 g/mol. The van der Waals surface area contributed by atoms with Crippen molar-refractivity contribution in [3.05, 3.63) is 35.7 Å². The summed E-state index contributed by atoms with van der Waals surface area (Å²) < 4.78 is 7.53. The third kappa shape index (κ3) is 3.08. The van der Waals surface area contributed by atoms with Gasteiger partial charge in [0, 0.05) is 5.92 Å². The third-order valence-electron chi connectivity index (χ3n) is 3.56. The second kappa shape index (κ2) is 5.85. The van der Waals surface area contributed by atoms with Crippen molar-refractivity contribution in [2.24, 2.45) is 5.92 Å². The van der Waals surface area contributed by atoms with E-state index in [1.807, 2.05) is 28.9 Å². The Hall–Kier alpha value is -1.88. The van der Waals surface area contributed by atoms with Gasteiger partial charge in [-0.15, -0.1) is 5.10 Å². The van der Waals surface area contributed by atoms with E-state index in [9.17, 15) is 5.11 Å². The molecule has 21 heavy (non-hydrogen) atoms. The molecule has 0 bridgehead atoms. The molecule has 5 heteroatoms. The van der Waals surface area contributed by atoms with Crippen LogP contribution in [0.5, 0.6) is 5.75 Å². The van der Waals surface area contributed by atoms with Gasteiger partial charge in [-0.05, 0) is 43.0 Å². The molecule has 0 radical (unpaired) electrons. The van der Waals surface area contributed by atoms with E-state index >= 15 is 0 Å². The van der Waals surface area contributed by atoms with Crippen LogP contribution >= 0.6 is 0 Å². The summed E-state index contributed by atoms with van der Waals surface area (Å²) in [6.07, 6.45) is 2.30. The zero-order chi connectivity index (χ0) is 14.8. The van der Waals surface area contributed by atoms with Crippen molar-refractivity contribution in [2.75, 3.05) is 6.61 Å². The molecule has 1 saturated carbocycles. The van der Waals surface area contributed by atoms with Crippen LogP contribution in [-0.4, -0.2) is 26.7 Å². The van der Waals surface area contributed by atoms with Gasteiger partial charge in [-0.2, -0.15) is 0 Å². The lowest BCUT2D eigenvalue weighted by Crippen LogP contribution is -2.05. The van der Waals surface area contributed by atoms with Gasteiger partial charge >= 0.3 is 0 Å². The predicted molar refractivity (Wildman–Crippen MR) is 79.6 cm³/mol. The van der Waals surface area contributed by atoms with Crippen LogP contribution < -0.4 is 4.74 Å². The summed E-state index contributed by atoms with van der Waals surface area (Å²) in [6.45, 7) is 4.91. The summed E-state index contributed by atoms with van der Waals surface area (Å²) in [4.78, 5) is 0. The monoisotopic (exact) mass is 287 g/mol. The highest BCUT2D eigenvalue weighted by Gasteiger charge is 2.31. The van der Waals surface area contributed by atoms with E-state index in [0.717, 1.165) is 30.0 Å². The molecule has 1 aliphatic rings. The molecule has 0 spiro atoms. The fourth-order valence-electron chi connectivity index (χ4n) is 2.34. The molecule has 0 aliphatic heterocycles. The Bertz CT molecular complexity index is 600. The van der Waals surface area contributed by atoms with Crippen LogP contribution in [0.25, 0.3) is 5.69 Å². The number of hydrogen-bond acceptors (Lipinski definition) is 4. The van der Waals surface area contributed by atoms with Crippen LogP contribution in [0.15, 0.2) is 24.3 Å². The van der Waals surface area contributed by atoms with Crippen molar-refractivity contribution in [3.63, 3.8) is 0 Å². The summed E-state index contributed by atoms with van der Waals surface area (Å²) in [5, 5.41) is 17.7. The number of hydrogen-bond donors (Lipinski definition) is 1. The molecule has 0 amide bonds. The number of rotatable bonds is 6. The summed E-state index contributed by atoms with van der Waals surface area (Å²) in [7, 11) is 0. The Balaban J connectivity index is 1.82. The van der Waals surface area contributed by atoms with Gasteiger partial charge in [-0.25, -0.2) is 4.68 Å². The topological polar surface area (TPSA) is 60.2 Å². The second-order valence-electron chi connectivity index (χ2n) is 5.96. The van der Waals surface area contributed by atoms with Crippen LogP contribution in [0.2, 0.25) is 0 Å². The minimum atomic E-state index is -0.0542. The molecule has 112 valence electrons. The first-order valence-corrected chi connectivity index (χ1v) is 7.47. The molecule has 0 saturated heterocycles. The maximum absolute atomic E-state index is 9.39. The molecule has 1 fully saturated rings. The molecule has 0 atom stereocenters. The summed E-state index contributed by atoms with van der Waals surface area (Å²) in [6, 6.07) is 7.87. The number of aromatic nitrogens is 3. The SMILES string of the molecule is CC(C)COc1ccc(-n2nnc(CO)c2C2CC2)cc1. The molecule has 0 unspecified atom stereocenters. The number of nitrogens with zero attached hydrogens (tertiary/aromatic N) is 3. The van der Waals surface area contributed by atoms with E-state index in [0.29, 0.717) is 24.1 Å². The third-order valence-corrected chi connectivity index (χ3v) is 3.56. The van der Waals surface area contributed by atoms with Gasteiger partial charge in [0.1, 0.15) is 11.4 Å².